The maximum absolute atomic E-state index is 13.0. The number of benzene rings is 3. The highest BCUT2D eigenvalue weighted by Crippen LogP contribution is 2.36. The van der Waals surface area contributed by atoms with Crippen molar-refractivity contribution < 1.29 is 17.9 Å². The zero-order valence-electron chi connectivity index (χ0n) is 20.9. The van der Waals surface area contributed by atoms with E-state index in [1.807, 2.05) is 54.9 Å². The van der Waals surface area contributed by atoms with Crippen molar-refractivity contribution in [3.63, 3.8) is 0 Å². The van der Waals surface area contributed by atoms with E-state index in [2.05, 4.69) is 5.32 Å². The van der Waals surface area contributed by atoms with E-state index in [-0.39, 0.29) is 23.5 Å². The number of nitrogens with two attached hydrogens (primary N) is 1. The van der Waals surface area contributed by atoms with Crippen molar-refractivity contribution in [1.82, 2.24) is 9.78 Å². The lowest BCUT2D eigenvalue weighted by atomic mass is 10.0. The van der Waals surface area contributed by atoms with Crippen molar-refractivity contribution in [2.75, 3.05) is 11.9 Å². The molecule has 0 bridgehead atoms. The summed E-state index contributed by atoms with van der Waals surface area (Å²) in [5.74, 6) is -0.113. The standard InChI is InChI=1S/C28H30N4O4S/c1-18-8-3-4-9-20(18)16-26(33)30-24-17-23-25(14-19(24)2)32(27-12-5-6-13-36-27)31-28(23)21-10-7-11-22(15-21)37(29,34)35/h3-4,7-11,14-15,17,27H,5-6,12-13,16H2,1-2H3,(H,30,33)(H2,29,34,35). The summed E-state index contributed by atoms with van der Waals surface area (Å²) in [6, 6.07) is 18.2. The van der Waals surface area contributed by atoms with Gasteiger partial charge in [0, 0.05) is 23.2 Å². The van der Waals surface area contributed by atoms with Crippen molar-refractivity contribution in [3.05, 3.63) is 77.4 Å². The largest absolute Gasteiger partial charge is 0.356 e. The second kappa shape index (κ2) is 10.1. The molecule has 0 aliphatic carbocycles. The fourth-order valence-electron chi connectivity index (χ4n) is 4.77. The highest BCUT2D eigenvalue weighted by molar-refractivity contribution is 7.89. The van der Waals surface area contributed by atoms with Crippen molar-refractivity contribution in [2.45, 2.75) is 50.7 Å². The Kier molecular flexibility index (Phi) is 6.85. The number of aromatic nitrogens is 2. The Labute approximate surface area is 216 Å². The zero-order chi connectivity index (χ0) is 26.2. The van der Waals surface area contributed by atoms with Gasteiger partial charge in [0.15, 0.2) is 6.23 Å². The maximum Gasteiger partial charge on any atom is 0.238 e. The third-order valence-corrected chi connectivity index (χ3v) is 7.71. The summed E-state index contributed by atoms with van der Waals surface area (Å²) in [5.41, 5.74) is 5.69. The molecule has 4 aromatic rings. The molecule has 1 saturated heterocycles. The van der Waals surface area contributed by atoms with Crippen LogP contribution in [0, 0.1) is 13.8 Å². The Hall–Kier alpha value is -3.53. The SMILES string of the molecule is Cc1ccccc1CC(=O)Nc1cc2c(-c3cccc(S(N)(=O)=O)c3)nn(C3CCCCO3)c2cc1C. The second-order valence-electron chi connectivity index (χ2n) is 9.52. The Morgan fingerprint density at radius 2 is 1.89 bits per heavy atom. The molecule has 1 amide bonds. The fourth-order valence-corrected chi connectivity index (χ4v) is 5.33. The highest BCUT2D eigenvalue weighted by atomic mass is 32.2. The smallest absolute Gasteiger partial charge is 0.238 e. The average molecular weight is 519 g/mol. The minimum Gasteiger partial charge on any atom is -0.356 e. The molecule has 1 unspecified atom stereocenters. The molecule has 0 saturated carbocycles. The molecule has 1 aromatic heterocycles. The number of carbonyl (C=O) groups excluding carboxylic acids is 1. The second-order valence-corrected chi connectivity index (χ2v) is 11.1. The van der Waals surface area contributed by atoms with E-state index in [0.29, 0.717) is 23.6 Å². The van der Waals surface area contributed by atoms with Crippen LogP contribution in [0.5, 0.6) is 0 Å². The lowest BCUT2D eigenvalue weighted by molar-refractivity contribution is -0.115. The third-order valence-electron chi connectivity index (χ3n) is 6.80. The van der Waals surface area contributed by atoms with Crippen LogP contribution in [0.2, 0.25) is 0 Å². The van der Waals surface area contributed by atoms with Gasteiger partial charge in [0.2, 0.25) is 15.9 Å². The quantitative estimate of drug-likeness (QED) is 0.379. The molecule has 0 spiro atoms. The van der Waals surface area contributed by atoms with Crippen LogP contribution in [0.4, 0.5) is 5.69 Å². The van der Waals surface area contributed by atoms with Crippen LogP contribution in [-0.2, 0) is 26.0 Å². The number of carbonyl (C=O) groups is 1. The normalized spacial score (nSPS) is 16.1. The van der Waals surface area contributed by atoms with Gasteiger partial charge in [-0.3, -0.25) is 4.79 Å². The molecule has 1 fully saturated rings. The molecule has 2 heterocycles. The molecule has 3 N–H and O–H groups in total. The number of sulfonamides is 1. The summed E-state index contributed by atoms with van der Waals surface area (Å²) in [5, 5.41) is 14.1. The molecule has 1 atom stereocenters. The minimum absolute atomic E-state index is 0.0143. The number of fused-ring (bicyclic) bond motifs is 1. The van der Waals surface area contributed by atoms with Gasteiger partial charge in [-0.1, -0.05) is 36.4 Å². The Bertz CT molecular complexity index is 1590. The number of nitrogens with one attached hydrogen (secondary N) is 1. The number of amides is 1. The van der Waals surface area contributed by atoms with Crippen molar-refractivity contribution in [1.29, 1.82) is 0 Å². The molecule has 9 heteroatoms. The summed E-state index contributed by atoms with van der Waals surface area (Å²) in [4.78, 5) is 13.0. The van der Waals surface area contributed by atoms with E-state index >= 15 is 0 Å². The third kappa shape index (κ3) is 5.29. The van der Waals surface area contributed by atoms with Gasteiger partial charge in [-0.15, -0.1) is 0 Å². The molecule has 1 aliphatic heterocycles. The van der Waals surface area contributed by atoms with Crippen LogP contribution in [0.1, 0.15) is 42.2 Å². The van der Waals surface area contributed by atoms with E-state index in [1.54, 1.807) is 12.1 Å². The van der Waals surface area contributed by atoms with Gasteiger partial charge < -0.3 is 10.1 Å². The Morgan fingerprint density at radius 1 is 1.08 bits per heavy atom. The molecule has 3 aromatic carbocycles. The molecule has 37 heavy (non-hydrogen) atoms. The number of hydrogen-bond donors (Lipinski definition) is 2. The number of aryl methyl sites for hydroxylation is 2. The van der Waals surface area contributed by atoms with Gasteiger partial charge in [0.1, 0.15) is 5.69 Å². The van der Waals surface area contributed by atoms with Crippen LogP contribution in [0.15, 0.2) is 65.6 Å². The lowest BCUT2D eigenvalue weighted by Crippen LogP contribution is -2.19. The van der Waals surface area contributed by atoms with Crippen molar-refractivity contribution in [3.8, 4) is 11.3 Å². The van der Waals surface area contributed by atoms with Crippen molar-refractivity contribution >= 4 is 32.5 Å². The number of primary sulfonamides is 1. The summed E-state index contributed by atoms with van der Waals surface area (Å²) < 4.78 is 31.9. The Balaban J connectivity index is 1.59. The first-order valence-electron chi connectivity index (χ1n) is 12.3. The minimum atomic E-state index is -3.88. The van der Waals surface area contributed by atoms with Gasteiger partial charge in [-0.05, 0) is 74.1 Å². The first-order chi connectivity index (χ1) is 17.7. The lowest BCUT2D eigenvalue weighted by Gasteiger charge is -2.23. The van der Waals surface area contributed by atoms with Gasteiger partial charge in [0.25, 0.3) is 0 Å². The number of ether oxygens (including phenoxy) is 1. The van der Waals surface area contributed by atoms with E-state index in [9.17, 15) is 13.2 Å². The number of anilines is 1. The predicted molar refractivity (Wildman–Crippen MR) is 144 cm³/mol. The summed E-state index contributed by atoms with van der Waals surface area (Å²) in [6.07, 6.45) is 2.93. The van der Waals surface area contributed by atoms with E-state index < -0.39 is 10.0 Å². The van der Waals surface area contributed by atoms with Crippen LogP contribution >= 0.6 is 0 Å². The number of nitrogens with zero attached hydrogens (tertiary/aromatic N) is 2. The number of hydrogen-bond acceptors (Lipinski definition) is 5. The van der Waals surface area contributed by atoms with Crippen LogP contribution in [0.25, 0.3) is 22.2 Å². The molecular weight excluding hydrogens is 488 g/mol. The molecular formula is C28H30N4O4S. The zero-order valence-corrected chi connectivity index (χ0v) is 21.7. The van der Waals surface area contributed by atoms with Gasteiger partial charge in [-0.25, -0.2) is 18.2 Å². The number of rotatable bonds is 6. The van der Waals surface area contributed by atoms with E-state index in [1.165, 1.54) is 12.1 Å². The summed E-state index contributed by atoms with van der Waals surface area (Å²) in [7, 11) is -3.88. The molecule has 0 radical (unpaired) electrons. The first-order valence-corrected chi connectivity index (χ1v) is 13.9. The van der Waals surface area contributed by atoms with Crippen LogP contribution < -0.4 is 10.5 Å². The van der Waals surface area contributed by atoms with E-state index in [4.69, 9.17) is 15.0 Å². The molecule has 1 aliphatic rings. The predicted octanol–water partition coefficient (Wildman–Crippen LogP) is 4.85. The fraction of sp³-hybridized carbons (Fsp3) is 0.286. The van der Waals surface area contributed by atoms with Gasteiger partial charge >= 0.3 is 0 Å². The Morgan fingerprint density at radius 3 is 2.62 bits per heavy atom. The van der Waals surface area contributed by atoms with Crippen molar-refractivity contribution in [2.24, 2.45) is 5.14 Å². The average Bonchev–Trinajstić information content (AvgIpc) is 3.24. The van der Waals surface area contributed by atoms with Crippen LogP contribution in [-0.4, -0.2) is 30.7 Å². The molecule has 5 rings (SSSR count). The van der Waals surface area contributed by atoms with Gasteiger partial charge in [0.05, 0.1) is 16.8 Å². The topological polar surface area (TPSA) is 116 Å². The van der Waals surface area contributed by atoms with E-state index in [0.717, 1.165) is 46.9 Å². The van der Waals surface area contributed by atoms with Crippen LogP contribution in [0.3, 0.4) is 0 Å². The first kappa shape index (κ1) is 25.1. The monoisotopic (exact) mass is 518 g/mol. The summed E-state index contributed by atoms with van der Waals surface area (Å²) >= 11 is 0. The van der Waals surface area contributed by atoms with Gasteiger partial charge in [-0.2, -0.15) is 5.10 Å². The maximum atomic E-state index is 13.0. The highest BCUT2D eigenvalue weighted by Gasteiger charge is 2.23. The summed E-state index contributed by atoms with van der Waals surface area (Å²) in [6.45, 7) is 4.60. The molecule has 192 valence electrons. The molecule has 8 nitrogen and oxygen atoms in total.